The van der Waals surface area contributed by atoms with E-state index in [2.05, 4.69) is 15.7 Å². The Labute approximate surface area is 228 Å². The predicted molar refractivity (Wildman–Crippen MR) is 138 cm³/mol. The van der Waals surface area contributed by atoms with E-state index in [9.17, 15) is 27.6 Å². The quantitative estimate of drug-likeness (QED) is 0.185. The van der Waals surface area contributed by atoms with Crippen molar-refractivity contribution >= 4 is 70.1 Å². The monoisotopic (exact) mass is 586 g/mol. The Morgan fingerprint density at radius 1 is 0.895 bits per heavy atom. The van der Waals surface area contributed by atoms with Gasteiger partial charge in [-0.25, -0.2) is 5.43 Å². The number of benzene rings is 3. The number of carbonyl (C=O) groups is 3. The second kappa shape index (κ2) is 12.6. The third-order valence-corrected chi connectivity index (χ3v) is 5.69. The summed E-state index contributed by atoms with van der Waals surface area (Å²) in [6.07, 6.45) is -3.34. The van der Waals surface area contributed by atoms with Gasteiger partial charge in [0.1, 0.15) is 5.75 Å². The van der Waals surface area contributed by atoms with Gasteiger partial charge in [0, 0.05) is 5.69 Å². The molecule has 38 heavy (non-hydrogen) atoms. The van der Waals surface area contributed by atoms with Crippen LogP contribution in [0, 0.1) is 0 Å². The minimum atomic E-state index is -4.55. The third-order valence-electron chi connectivity index (χ3n) is 4.57. The van der Waals surface area contributed by atoms with Crippen molar-refractivity contribution in [1.29, 1.82) is 0 Å². The van der Waals surface area contributed by atoms with E-state index in [4.69, 9.17) is 39.5 Å². The number of hydrogen-bond acceptors (Lipinski definition) is 5. The highest BCUT2D eigenvalue weighted by Gasteiger charge is 2.30. The number of anilines is 2. The van der Waals surface area contributed by atoms with E-state index in [1.165, 1.54) is 48.7 Å². The molecular weight excluding hydrogens is 572 g/mol. The van der Waals surface area contributed by atoms with Gasteiger partial charge in [0.2, 0.25) is 0 Å². The van der Waals surface area contributed by atoms with Crippen LogP contribution in [-0.4, -0.2) is 30.5 Å². The maximum Gasteiger partial charge on any atom is 0.416 e. The molecule has 3 N–H and O–H groups in total. The molecule has 0 saturated heterocycles. The van der Waals surface area contributed by atoms with Crippen molar-refractivity contribution in [3.63, 3.8) is 0 Å². The highest BCUT2D eigenvalue weighted by molar-refractivity contribution is 6.45. The summed E-state index contributed by atoms with van der Waals surface area (Å²) < 4.78 is 43.7. The van der Waals surface area contributed by atoms with Gasteiger partial charge in [-0.05, 0) is 54.1 Å². The number of rotatable bonds is 7. The van der Waals surface area contributed by atoms with Gasteiger partial charge in [-0.3, -0.25) is 14.4 Å². The SMILES string of the molecule is O=C(COc1ccc(/C=N\NC(=O)C(=O)Nc2cccc(Cl)c2Cl)cc1Cl)Nc1cccc(C(F)(F)F)c1. The fourth-order valence-electron chi connectivity index (χ4n) is 2.82. The summed E-state index contributed by atoms with van der Waals surface area (Å²) in [6, 6.07) is 13.0. The second-order valence-electron chi connectivity index (χ2n) is 7.36. The van der Waals surface area contributed by atoms with Gasteiger partial charge in [0.05, 0.1) is 32.5 Å². The molecule has 3 rings (SSSR count). The number of amides is 3. The standard InChI is InChI=1S/C24H16Cl3F3N4O4/c25-16-5-2-6-18(21(16)27)33-22(36)23(37)34-31-11-13-7-8-19(17(26)9-13)38-12-20(35)32-15-4-1-3-14(10-15)24(28,29)30/h1-11H,12H2,(H,32,35)(H,33,36)(H,34,37)/b31-11-. The summed E-state index contributed by atoms with van der Waals surface area (Å²) in [6.45, 7) is -0.523. The summed E-state index contributed by atoms with van der Waals surface area (Å²) in [5, 5.41) is 8.64. The molecule has 3 aromatic carbocycles. The second-order valence-corrected chi connectivity index (χ2v) is 8.55. The maximum atomic E-state index is 12.8. The van der Waals surface area contributed by atoms with E-state index in [0.29, 0.717) is 5.56 Å². The van der Waals surface area contributed by atoms with Crippen molar-refractivity contribution < 1.29 is 32.3 Å². The van der Waals surface area contributed by atoms with Crippen LogP contribution in [0.25, 0.3) is 0 Å². The van der Waals surface area contributed by atoms with Gasteiger partial charge in [-0.2, -0.15) is 18.3 Å². The highest BCUT2D eigenvalue weighted by Crippen LogP contribution is 2.31. The molecule has 3 aromatic rings. The molecule has 0 fully saturated rings. The van der Waals surface area contributed by atoms with Gasteiger partial charge in [-0.15, -0.1) is 0 Å². The average molecular weight is 588 g/mol. The predicted octanol–water partition coefficient (Wildman–Crippen LogP) is 5.77. The van der Waals surface area contributed by atoms with E-state index < -0.39 is 36.1 Å². The lowest BCUT2D eigenvalue weighted by atomic mass is 10.2. The Kier molecular flexibility index (Phi) is 9.56. The van der Waals surface area contributed by atoms with Gasteiger partial charge in [-0.1, -0.05) is 46.9 Å². The number of hydrogen-bond donors (Lipinski definition) is 3. The molecule has 0 spiro atoms. The van der Waals surface area contributed by atoms with E-state index in [1.807, 2.05) is 5.43 Å². The van der Waals surface area contributed by atoms with Crippen molar-refractivity contribution in [3.05, 3.63) is 86.9 Å². The molecule has 198 valence electrons. The zero-order valence-corrected chi connectivity index (χ0v) is 21.2. The molecule has 0 unspecified atom stereocenters. The molecular formula is C24H16Cl3F3N4O4. The fraction of sp³-hybridized carbons (Fsp3) is 0.0833. The van der Waals surface area contributed by atoms with Gasteiger partial charge >= 0.3 is 18.0 Å². The van der Waals surface area contributed by atoms with E-state index in [0.717, 1.165) is 12.1 Å². The summed E-state index contributed by atoms with van der Waals surface area (Å²) in [7, 11) is 0. The normalized spacial score (nSPS) is 11.2. The fourth-order valence-corrected chi connectivity index (χ4v) is 3.42. The van der Waals surface area contributed by atoms with Crippen LogP contribution in [0.15, 0.2) is 65.8 Å². The van der Waals surface area contributed by atoms with Crippen LogP contribution in [0.4, 0.5) is 24.5 Å². The van der Waals surface area contributed by atoms with Crippen molar-refractivity contribution in [2.24, 2.45) is 5.10 Å². The number of ether oxygens (including phenoxy) is 1. The Bertz CT molecular complexity index is 1400. The molecule has 0 bridgehead atoms. The largest absolute Gasteiger partial charge is 0.482 e. The summed E-state index contributed by atoms with van der Waals surface area (Å²) in [5.41, 5.74) is 1.65. The lowest BCUT2D eigenvalue weighted by molar-refractivity contribution is -0.137. The minimum Gasteiger partial charge on any atom is -0.482 e. The van der Waals surface area contributed by atoms with E-state index in [-0.39, 0.29) is 32.2 Å². The molecule has 0 aromatic heterocycles. The first-order valence-electron chi connectivity index (χ1n) is 10.4. The Hall–Kier alpha value is -3.80. The average Bonchev–Trinajstić information content (AvgIpc) is 2.86. The Morgan fingerprint density at radius 3 is 2.34 bits per heavy atom. The first-order chi connectivity index (χ1) is 17.9. The molecule has 8 nitrogen and oxygen atoms in total. The molecule has 0 atom stereocenters. The molecule has 14 heteroatoms. The minimum absolute atomic E-state index is 0.0440. The topological polar surface area (TPSA) is 109 Å². The molecule has 0 aliphatic heterocycles. The van der Waals surface area contributed by atoms with E-state index >= 15 is 0 Å². The third kappa shape index (κ3) is 8.10. The summed E-state index contributed by atoms with van der Waals surface area (Å²) in [5.74, 6) is -2.69. The Balaban J connectivity index is 1.51. The van der Waals surface area contributed by atoms with E-state index in [1.54, 1.807) is 6.07 Å². The van der Waals surface area contributed by atoms with Crippen LogP contribution in [0.2, 0.25) is 15.1 Å². The van der Waals surface area contributed by atoms with Crippen molar-refractivity contribution in [3.8, 4) is 5.75 Å². The van der Waals surface area contributed by atoms with Gasteiger partial charge in [0.25, 0.3) is 5.91 Å². The zero-order valence-electron chi connectivity index (χ0n) is 18.9. The number of halogens is 6. The van der Waals surface area contributed by atoms with Crippen LogP contribution < -0.4 is 20.8 Å². The molecule has 0 radical (unpaired) electrons. The van der Waals surface area contributed by atoms with Crippen LogP contribution in [0.1, 0.15) is 11.1 Å². The van der Waals surface area contributed by atoms with Gasteiger partial charge in [0.15, 0.2) is 6.61 Å². The zero-order chi connectivity index (χ0) is 27.9. The smallest absolute Gasteiger partial charge is 0.416 e. The number of hydrazone groups is 1. The van der Waals surface area contributed by atoms with Crippen LogP contribution in [-0.2, 0) is 20.6 Å². The van der Waals surface area contributed by atoms with Crippen molar-refractivity contribution in [2.75, 3.05) is 17.2 Å². The van der Waals surface area contributed by atoms with Gasteiger partial charge < -0.3 is 15.4 Å². The Morgan fingerprint density at radius 2 is 1.63 bits per heavy atom. The van der Waals surface area contributed by atoms with Crippen LogP contribution >= 0.6 is 34.8 Å². The molecule has 0 aliphatic rings. The highest BCUT2D eigenvalue weighted by atomic mass is 35.5. The number of alkyl halides is 3. The molecule has 0 heterocycles. The summed E-state index contributed by atoms with van der Waals surface area (Å²) in [4.78, 5) is 36.0. The maximum absolute atomic E-state index is 12.8. The first kappa shape index (κ1) is 28.8. The lowest BCUT2D eigenvalue weighted by Crippen LogP contribution is -2.32. The molecule has 3 amide bonds. The van der Waals surface area contributed by atoms with Crippen molar-refractivity contribution in [1.82, 2.24) is 5.43 Å². The molecule has 0 aliphatic carbocycles. The number of nitrogens with one attached hydrogen (secondary N) is 3. The molecule has 0 saturated carbocycles. The van der Waals surface area contributed by atoms with Crippen LogP contribution in [0.5, 0.6) is 5.75 Å². The van der Waals surface area contributed by atoms with Crippen molar-refractivity contribution in [2.45, 2.75) is 6.18 Å². The summed E-state index contributed by atoms with van der Waals surface area (Å²) >= 11 is 18.0. The lowest BCUT2D eigenvalue weighted by Gasteiger charge is -2.11. The first-order valence-corrected chi connectivity index (χ1v) is 11.6. The number of nitrogens with zero attached hydrogens (tertiary/aromatic N) is 1. The van der Waals surface area contributed by atoms with Crippen LogP contribution in [0.3, 0.4) is 0 Å². The number of carbonyl (C=O) groups excluding carboxylic acids is 3.